The van der Waals surface area contributed by atoms with Crippen LogP contribution in [-0.4, -0.2) is 19.9 Å². The van der Waals surface area contributed by atoms with Crippen molar-refractivity contribution < 1.29 is 9.00 Å². The van der Waals surface area contributed by atoms with E-state index in [9.17, 15) is 9.00 Å². The van der Waals surface area contributed by atoms with Crippen molar-refractivity contribution in [2.45, 2.75) is 11.5 Å². The molecular weight excluding hydrogens is 370 g/mol. The summed E-state index contributed by atoms with van der Waals surface area (Å²) in [5.41, 5.74) is 3.08. The fraction of sp³-hybridized carbons (Fsp3) is 0.0909. The van der Waals surface area contributed by atoms with E-state index in [1.54, 1.807) is 4.68 Å². The van der Waals surface area contributed by atoms with Crippen LogP contribution in [0.4, 0.5) is 5.82 Å². The zero-order valence-electron chi connectivity index (χ0n) is 15.0. The minimum absolute atomic E-state index is 0.205. The minimum atomic E-state index is -0.968. The molecule has 1 aromatic heterocycles. The second-order valence-electron chi connectivity index (χ2n) is 6.77. The van der Waals surface area contributed by atoms with Crippen molar-refractivity contribution in [2.75, 3.05) is 5.32 Å². The summed E-state index contributed by atoms with van der Waals surface area (Å²) in [4.78, 5) is 13.0. The molecule has 0 saturated heterocycles. The van der Waals surface area contributed by atoms with Crippen LogP contribution in [0, 0.1) is 0 Å². The van der Waals surface area contributed by atoms with Crippen molar-refractivity contribution in [3.63, 3.8) is 0 Å². The Hall–Kier alpha value is -3.25. The van der Waals surface area contributed by atoms with Crippen LogP contribution in [0.2, 0.25) is 0 Å². The van der Waals surface area contributed by atoms with Gasteiger partial charge in [0.2, 0.25) is 0 Å². The number of amides is 1. The zero-order valence-corrected chi connectivity index (χ0v) is 15.8. The van der Waals surface area contributed by atoms with Crippen molar-refractivity contribution >= 4 is 33.3 Å². The number of fused-ring (bicyclic) bond motifs is 2. The number of nitrogens with zero attached hydrogens (tertiary/aromatic N) is 2. The smallest absolute Gasteiger partial charge is 0.256 e. The monoisotopic (exact) mass is 387 g/mol. The normalized spacial score (nSPS) is 15.5. The summed E-state index contributed by atoms with van der Waals surface area (Å²) in [5.74, 6) is 1.23. The van der Waals surface area contributed by atoms with Crippen LogP contribution in [-0.2, 0) is 22.3 Å². The molecule has 1 N–H and O–H groups in total. The van der Waals surface area contributed by atoms with Gasteiger partial charge in [-0.3, -0.25) is 9.00 Å². The fourth-order valence-electron chi connectivity index (χ4n) is 3.52. The third kappa shape index (κ3) is 2.92. The first kappa shape index (κ1) is 16.9. The molecule has 5 nitrogen and oxygen atoms in total. The summed E-state index contributed by atoms with van der Waals surface area (Å²) in [6.07, 6.45) is 0. The van der Waals surface area contributed by atoms with Gasteiger partial charge in [0, 0.05) is 21.9 Å². The summed E-state index contributed by atoms with van der Waals surface area (Å²) >= 11 is 0. The van der Waals surface area contributed by atoms with Crippen LogP contribution < -0.4 is 5.32 Å². The molecule has 1 unspecified atom stereocenters. The van der Waals surface area contributed by atoms with Gasteiger partial charge in [0.25, 0.3) is 5.91 Å². The molecule has 5 rings (SSSR count). The van der Waals surface area contributed by atoms with Gasteiger partial charge in [0.15, 0.2) is 0 Å². The SMILES string of the molecule is O=C(Nc1c2c(nn1-c1ccccc1)CS(=O)C2)c1ccc2ccccc2c1. The number of hydrogen-bond donors (Lipinski definition) is 1. The highest BCUT2D eigenvalue weighted by atomic mass is 32.2. The number of aromatic nitrogens is 2. The third-order valence-electron chi connectivity index (χ3n) is 4.91. The summed E-state index contributed by atoms with van der Waals surface area (Å²) in [6, 6.07) is 23.2. The predicted octanol–water partition coefficient (Wildman–Crippen LogP) is 4.04. The Morgan fingerprint density at radius 3 is 2.50 bits per heavy atom. The topological polar surface area (TPSA) is 64.0 Å². The first-order chi connectivity index (χ1) is 13.7. The molecule has 0 spiro atoms. The second kappa shape index (κ2) is 6.73. The molecule has 0 aliphatic carbocycles. The lowest BCUT2D eigenvalue weighted by molar-refractivity contribution is 0.102. The Kier molecular flexibility index (Phi) is 4.06. The zero-order chi connectivity index (χ0) is 19.1. The van der Waals surface area contributed by atoms with Crippen LogP contribution in [0.1, 0.15) is 21.6 Å². The molecule has 6 heteroatoms. The average molecular weight is 387 g/mol. The van der Waals surface area contributed by atoms with Crippen molar-refractivity contribution in [3.8, 4) is 5.69 Å². The first-order valence-corrected chi connectivity index (χ1v) is 10.5. The van der Waals surface area contributed by atoms with Gasteiger partial charge in [-0.1, -0.05) is 48.5 Å². The van der Waals surface area contributed by atoms with Gasteiger partial charge in [-0.15, -0.1) is 0 Å². The number of carbonyl (C=O) groups is 1. The average Bonchev–Trinajstić information content (AvgIpc) is 3.25. The van der Waals surface area contributed by atoms with E-state index in [1.165, 1.54) is 0 Å². The number of nitrogens with one attached hydrogen (secondary N) is 1. The molecule has 1 amide bonds. The summed E-state index contributed by atoms with van der Waals surface area (Å²) in [5, 5.41) is 9.73. The summed E-state index contributed by atoms with van der Waals surface area (Å²) < 4.78 is 13.7. The third-order valence-corrected chi connectivity index (χ3v) is 6.12. The highest BCUT2D eigenvalue weighted by Gasteiger charge is 2.28. The van der Waals surface area contributed by atoms with Gasteiger partial charge in [-0.2, -0.15) is 5.10 Å². The maximum Gasteiger partial charge on any atom is 0.256 e. The van der Waals surface area contributed by atoms with Gasteiger partial charge in [-0.25, -0.2) is 4.68 Å². The quantitative estimate of drug-likeness (QED) is 0.577. The molecule has 1 atom stereocenters. The van der Waals surface area contributed by atoms with E-state index < -0.39 is 10.8 Å². The molecule has 0 bridgehead atoms. The number of rotatable bonds is 3. The molecule has 0 radical (unpaired) electrons. The lowest BCUT2D eigenvalue weighted by Crippen LogP contribution is -2.16. The maximum atomic E-state index is 13.0. The molecule has 0 saturated carbocycles. The van der Waals surface area contributed by atoms with Crippen LogP contribution in [0.15, 0.2) is 72.8 Å². The molecule has 138 valence electrons. The number of para-hydroxylation sites is 1. The molecule has 2 heterocycles. The standard InChI is InChI=1S/C22H17N3O2S/c26-22(17-11-10-15-6-4-5-7-16(15)12-17)23-21-19-13-28(27)14-20(19)24-25(21)18-8-2-1-3-9-18/h1-12H,13-14H2,(H,23,26). The van der Waals surface area contributed by atoms with E-state index in [1.807, 2.05) is 72.8 Å². The maximum absolute atomic E-state index is 13.0. The van der Waals surface area contributed by atoms with E-state index in [0.29, 0.717) is 22.9 Å². The Morgan fingerprint density at radius 1 is 0.929 bits per heavy atom. The number of anilines is 1. The Labute approximate surface area is 164 Å². The van der Waals surface area contributed by atoms with Crippen molar-refractivity contribution in [1.29, 1.82) is 0 Å². The van der Waals surface area contributed by atoms with E-state index >= 15 is 0 Å². The molecule has 4 aromatic rings. The fourth-order valence-corrected chi connectivity index (χ4v) is 4.79. The van der Waals surface area contributed by atoms with Crippen LogP contribution >= 0.6 is 0 Å². The van der Waals surface area contributed by atoms with Crippen LogP contribution in [0.25, 0.3) is 16.5 Å². The Bertz CT molecular complexity index is 1230. The van der Waals surface area contributed by atoms with Gasteiger partial charge in [0.1, 0.15) is 5.82 Å². The Morgan fingerprint density at radius 2 is 1.68 bits per heavy atom. The van der Waals surface area contributed by atoms with Crippen molar-refractivity contribution in [1.82, 2.24) is 9.78 Å². The van der Waals surface area contributed by atoms with Crippen molar-refractivity contribution in [3.05, 3.63) is 89.6 Å². The number of carbonyl (C=O) groups excluding carboxylic acids is 1. The van der Waals surface area contributed by atoms with Gasteiger partial charge >= 0.3 is 0 Å². The number of hydrogen-bond acceptors (Lipinski definition) is 3. The Balaban J connectivity index is 1.55. The minimum Gasteiger partial charge on any atom is -0.306 e. The molecule has 1 aliphatic heterocycles. The molecule has 1 aliphatic rings. The largest absolute Gasteiger partial charge is 0.306 e. The molecular formula is C22H17N3O2S. The second-order valence-corrected chi connectivity index (χ2v) is 8.22. The summed E-state index contributed by atoms with van der Waals surface area (Å²) in [7, 11) is -0.968. The van der Waals surface area contributed by atoms with Crippen LogP contribution in [0.3, 0.4) is 0 Å². The van der Waals surface area contributed by atoms with Crippen molar-refractivity contribution in [2.24, 2.45) is 0 Å². The first-order valence-electron chi connectivity index (χ1n) is 9.00. The van der Waals surface area contributed by atoms with Gasteiger partial charge in [0.05, 0.1) is 22.9 Å². The highest BCUT2D eigenvalue weighted by Crippen LogP contribution is 2.31. The van der Waals surface area contributed by atoms with E-state index in [2.05, 4.69) is 10.4 Å². The highest BCUT2D eigenvalue weighted by molar-refractivity contribution is 7.83. The molecule has 3 aromatic carbocycles. The van der Waals surface area contributed by atoms with E-state index in [-0.39, 0.29) is 5.91 Å². The van der Waals surface area contributed by atoms with E-state index in [4.69, 9.17) is 0 Å². The predicted molar refractivity (Wildman–Crippen MR) is 111 cm³/mol. The molecule has 28 heavy (non-hydrogen) atoms. The lowest BCUT2D eigenvalue weighted by atomic mass is 10.1. The van der Waals surface area contributed by atoms with Crippen LogP contribution in [0.5, 0.6) is 0 Å². The van der Waals surface area contributed by atoms with Gasteiger partial charge < -0.3 is 5.32 Å². The number of benzene rings is 3. The van der Waals surface area contributed by atoms with E-state index in [0.717, 1.165) is 27.7 Å². The summed E-state index contributed by atoms with van der Waals surface area (Å²) in [6.45, 7) is 0. The van der Waals surface area contributed by atoms with Gasteiger partial charge in [-0.05, 0) is 35.0 Å². The lowest BCUT2D eigenvalue weighted by Gasteiger charge is -2.11. The molecule has 0 fully saturated rings.